The number of aliphatic carboxylic acids is 3. The number of amides is 7. The molecular formula is C43H63N7O15. The lowest BCUT2D eigenvalue weighted by Crippen LogP contribution is -2.61. The van der Waals surface area contributed by atoms with Crippen molar-refractivity contribution in [2.45, 2.75) is 129 Å². The Kier molecular flexibility index (Phi) is 22.0. The number of likely N-dealkylation sites (tertiary alicyclic amines) is 1. The van der Waals surface area contributed by atoms with Crippen molar-refractivity contribution >= 4 is 65.0 Å². The molecule has 1 saturated heterocycles. The van der Waals surface area contributed by atoms with E-state index in [0.717, 1.165) is 12.5 Å². The van der Waals surface area contributed by atoms with Crippen LogP contribution in [-0.4, -0.2) is 142 Å². The highest BCUT2D eigenvalue weighted by atomic mass is 16.5. The Morgan fingerprint density at radius 3 is 1.72 bits per heavy atom. The molecule has 7 amide bonds. The van der Waals surface area contributed by atoms with E-state index < -0.39 is 139 Å². The Balaban J connectivity index is 2.44. The summed E-state index contributed by atoms with van der Waals surface area (Å²) in [5, 5.41) is 41.9. The van der Waals surface area contributed by atoms with Crippen LogP contribution >= 0.6 is 0 Å². The van der Waals surface area contributed by atoms with E-state index in [2.05, 4.69) is 26.6 Å². The standard InChI is InChI=1S/C43H63N7O15/c1-8-9-28(37(58)42(63)44-20-34(56)57)46-40(61)31-19-26(18-25-10-12-27(65-7)13-11-25)21-50(31)43(64)36(23(4)5)49-41(62)35(22(2)3)48-39(60)30(15-17-33(54)55)47-38(59)29(45-24(6)51)14-16-32(52)53/h10-13,22-23,26,28-31,35-36H,8-9,14-21H2,1-7H3,(H,44,63)(H,45,51)(H,46,61)(H,47,59)(H,48,60)(H,49,62)(H,52,53)(H,54,55)(H,56,57)/t26-,28+,29+,30+,31+,35+,36+/m1/s1. The van der Waals surface area contributed by atoms with Crippen LogP contribution in [0.2, 0.25) is 0 Å². The van der Waals surface area contributed by atoms with Crippen LogP contribution in [0.5, 0.6) is 5.75 Å². The van der Waals surface area contributed by atoms with Gasteiger partial charge in [-0.3, -0.25) is 52.7 Å². The van der Waals surface area contributed by atoms with Crippen LogP contribution in [0.1, 0.15) is 92.1 Å². The minimum Gasteiger partial charge on any atom is -0.497 e. The topological polar surface area (TPSA) is 333 Å². The number of methoxy groups -OCH3 is 1. The summed E-state index contributed by atoms with van der Waals surface area (Å²) < 4.78 is 5.25. The number of hydrogen-bond donors (Lipinski definition) is 9. The Morgan fingerprint density at radius 2 is 1.23 bits per heavy atom. The molecule has 1 aliphatic heterocycles. The first-order chi connectivity index (χ1) is 30.5. The van der Waals surface area contributed by atoms with Crippen LogP contribution in [0.3, 0.4) is 0 Å². The summed E-state index contributed by atoms with van der Waals surface area (Å²) in [5.41, 5.74) is 0.867. The molecule has 0 unspecified atom stereocenters. The minimum absolute atomic E-state index is 0.0233. The SMILES string of the molecule is CCC[C@H](NC(=O)[C@@H]1C[C@@H](Cc2ccc(OC)cc2)CN1C(=O)[C@@H](NC(=O)[C@@H](NC(=O)[C@H](CCC(=O)O)NC(=O)[C@H](CCC(=O)O)NC(C)=O)C(C)C)C(C)C)C(=O)C(=O)NCC(=O)O. The van der Waals surface area contributed by atoms with E-state index in [1.807, 2.05) is 17.4 Å². The molecule has 0 aromatic heterocycles. The Labute approximate surface area is 376 Å². The quantitative estimate of drug-likeness (QED) is 0.0503. The van der Waals surface area contributed by atoms with Crippen LogP contribution in [0.4, 0.5) is 0 Å². The molecule has 1 aliphatic rings. The summed E-state index contributed by atoms with van der Waals surface area (Å²) in [5.74, 6) is -12.1. The number of benzene rings is 1. The summed E-state index contributed by atoms with van der Waals surface area (Å²) in [6.07, 6.45) is -1.01. The van der Waals surface area contributed by atoms with Gasteiger partial charge in [0.25, 0.3) is 5.91 Å². The third-order valence-corrected chi connectivity index (χ3v) is 10.6. The number of carbonyl (C=O) groups is 11. The second-order valence-corrected chi connectivity index (χ2v) is 16.6. The summed E-state index contributed by atoms with van der Waals surface area (Å²) in [7, 11) is 1.52. The van der Waals surface area contributed by atoms with Crippen molar-refractivity contribution in [3.8, 4) is 5.75 Å². The van der Waals surface area contributed by atoms with E-state index in [0.29, 0.717) is 18.6 Å². The molecule has 9 N–H and O–H groups in total. The maximum absolute atomic E-state index is 14.6. The molecule has 0 radical (unpaired) electrons. The lowest BCUT2D eigenvalue weighted by molar-refractivity contribution is -0.145. The lowest BCUT2D eigenvalue weighted by Gasteiger charge is -2.33. The first-order valence-corrected chi connectivity index (χ1v) is 21.4. The fourth-order valence-corrected chi connectivity index (χ4v) is 7.20. The van der Waals surface area contributed by atoms with Crippen LogP contribution < -0.4 is 36.6 Å². The second-order valence-electron chi connectivity index (χ2n) is 16.6. The number of carboxylic acids is 3. The molecule has 1 aromatic carbocycles. The number of carbonyl (C=O) groups excluding carboxylic acids is 8. The van der Waals surface area contributed by atoms with Gasteiger partial charge in [-0.15, -0.1) is 0 Å². The van der Waals surface area contributed by atoms with E-state index in [-0.39, 0.29) is 31.7 Å². The molecule has 1 heterocycles. The van der Waals surface area contributed by atoms with Gasteiger partial charge in [0.1, 0.15) is 42.5 Å². The van der Waals surface area contributed by atoms with Gasteiger partial charge in [0.05, 0.1) is 13.2 Å². The predicted octanol–water partition coefficient (Wildman–Crippen LogP) is -0.490. The number of nitrogens with one attached hydrogen (secondary N) is 6. The van der Waals surface area contributed by atoms with E-state index in [9.17, 15) is 57.8 Å². The molecular weight excluding hydrogens is 855 g/mol. The molecule has 360 valence electrons. The van der Waals surface area contributed by atoms with Crippen LogP contribution in [0.15, 0.2) is 24.3 Å². The second kappa shape index (κ2) is 26.2. The van der Waals surface area contributed by atoms with Gasteiger partial charge in [0.2, 0.25) is 41.2 Å². The average molecular weight is 918 g/mol. The van der Waals surface area contributed by atoms with Gasteiger partial charge in [-0.25, -0.2) is 0 Å². The maximum atomic E-state index is 14.6. The number of rotatable bonds is 27. The number of ketones is 1. The molecule has 65 heavy (non-hydrogen) atoms. The smallest absolute Gasteiger partial charge is 0.322 e. The van der Waals surface area contributed by atoms with Crippen molar-refractivity contribution in [1.82, 2.24) is 36.8 Å². The maximum Gasteiger partial charge on any atom is 0.322 e. The fourth-order valence-electron chi connectivity index (χ4n) is 7.20. The van der Waals surface area contributed by atoms with Gasteiger partial charge < -0.3 is 56.9 Å². The van der Waals surface area contributed by atoms with E-state index in [1.165, 1.54) is 12.0 Å². The van der Waals surface area contributed by atoms with Gasteiger partial charge in [-0.2, -0.15) is 0 Å². The Bertz CT molecular complexity index is 1900. The first kappa shape index (κ1) is 54.5. The van der Waals surface area contributed by atoms with Crippen molar-refractivity contribution in [3.63, 3.8) is 0 Å². The number of Topliss-reactive ketones (excluding diaryl/α,β-unsaturated/α-hetero) is 1. The predicted molar refractivity (Wildman–Crippen MR) is 230 cm³/mol. The van der Waals surface area contributed by atoms with Crippen LogP contribution in [0.25, 0.3) is 0 Å². The fraction of sp³-hybridized carbons (Fsp3) is 0.605. The van der Waals surface area contributed by atoms with Crippen molar-refractivity contribution in [1.29, 1.82) is 0 Å². The highest BCUT2D eigenvalue weighted by molar-refractivity contribution is 6.38. The van der Waals surface area contributed by atoms with Gasteiger partial charge in [0.15, 0.2) is 0 Å². The number of nitrogens with zero attached hydrogens (tertiary/aromatic N) is 1. The zero-order chi connectivity index (χ0) is 49.1. The van der Waals surface area contributed by atoms with Gasteiger partial charge >= 0.3 is 17.9 Å². The third-order valence-electron chi connectivity index (χ3n) is 10.6. The summed E-state index contributed by atoms with van der Waals surface area (Å²) in [6, 6.07) is -0.957. The van der Waals surface area contributed by atoms with Crippen molar-refractivity contribution in [3.05, 3.63) is 29.8 Å². The van der Waals surface area contributed by atoms with Crippen LogP contribution in [0, 0.1) is 17.8 Å². The molecule has 0 aliphatic carbocycles. The molecule has 22 heteroatoms. The molecule has 1 fully saturated rings. The highest BCUT2D eigenvalue weighted by Crippen LogP contribution is 2.29. The van der Waals surface area contributed by atoms with E-state index in [1.54, 1.807) is 46.8 Å². The Hall–Kier alpha value is -6.61. The molecule has 0 spiro atoms. The number of hydrogen-bond acceptors (Lipinski definition) is 12. The lowest BCUT2D eigenvalue weighted by atomic mass is 9.96. The van der Waals surface area contributed by atoms with Gasteiger partial charge in [-0.1, -0.05) is 53.2 Å². The monoisotopic (exact) mass is 917 g/mol. The Morgan fingerprint density at radius 1 is 0.692 bits per heavy atom. The normalized spacial score (nSPS) is 16.8. The average Bonchev–Trinajstić information content (AvgIpc) is 3.66. The molecule has 0 bridgehead atoms. The summed E-state index contributed by atoms with van der Waals surface area (Å²) in [6.45, 7) is 8.48. The van der Waals surface area contributed by atoms with Gasteiger partial charge in [-0.05, 0) is 67.6 Å². The van der Waals surface area contributed by atoms with Crippen molar-refractivity contribution in [2.75, 3.05) is 20.2 Å². The van der Waals surface area contributed by atoms with Crippen molar-refractivity contribution in [2.24, 2.45) is 17.8 Å². The molecule has 22 nitrogen and oxygen atoms in total. The molecule has 1 aromatic rings. The van der Waals surface area contributed by atoms with Crippen LogP contribution in [-0.2, 0) is 59.2 Å². The number of ether oxygens (including phenoxy) is 1. The van der Waals surface area contributed by atoms with E-state index in [4.69, 9.17) is 14.9 Å². The summed E-state index contributed by atoms with van der Waals surface area (Å²) >= 11 is 0. The summed E-state index contributed by atoms with van der Waals surface area (Å²) in [4.78, 5) is 142. The number of carboxylic acid groups (broad SMARTS) is 3. The highest BCUT2D eigenvalue weighted by Gasteiger charge is 2.44. The molecule has 0 saturated carbocycles. The first-order valence-electron chi connectivity index (χ1n) is 21.4. The zero-order valence-corrected chi connectivity index (χ0v) is 37.8. The largest absolute Gasteiger partial charge is 0.497 e. The third kappa shape index (κ3) is 17.8. The van der Waals surface area contributed by atoms with Crippen molar-refractivity contribution < 1.29 is 72.8 Å². The minimum atomic E-state index is -1.56. The zero-order valence-electron chi connectivity index (χ0n) is 37.8. The van der Waals surface area contributed by atoms with E-state index >= 15 is 0 Å². The van der Waals surface area contributed by atoms with Gasteiger partial charge in [0, 0.05) is 26.3 Å². The molecule has 2 rings (SSSR count). The molecule has 7 atom stereocenters.